The molecule has 0 fully saturated rings. The number of aromatic nitrogens is 1. The second kappa shape index (κ2) is 5.99. The first-order chi connectivity index (χ1) is 12.0. The van der Waals surface area contributed by atoms with Gasteiger partial charge in [0.1, 0.15) is 5.56 Å². The Morgan fingerprint density at radius 3 is 2.72 bits per heavy atom. The van der Waals surface area contributed by atoms with Gasteiger partial charge in [0.2, 0.25) is 0 Å². The molecule has 0 radical (unpaired) electrons. The van der Waals surface area contributed by atoms with Crippen molar-refractivity contribution in [3.63, 3.8) is 0 Å². The molecule has 0 saturated carbocycles. The fourth-order valence-corrected chi connectivity index (χ4v) is 3.82. The average Bonchev–Trinajstić information content (AvgIpc) is 2.60. The maximum atomic E-state index is 12.9. The molecular formula is C20H20N2O3. The van der Waals surface area contributed by atoms with Crippen LogP contribution in [0.1, 0.15) is 50.9 Å². The van der Waals surface area contributed by atoms with E-state index in [-0.39, 0.29) is 23.2 Å². The van der Waals surface area contributed by atoms with Gasteiger partial charge in [0.15, 0.2) is 5.78 Å². The van der Waals surface area contributed by atoms with Gasteiger partial charge in [-0.3, -0.25) is 14.4 Å². The molecule has 1 aliphatic carbocycles. The lowest BCUT2D eigenvalue weighted by atomic mass is 9.86. The van der Waals surface area contributed by atoms with Crippen LogP contribution in [0.3, 0.4) is 0 Å². The van der Waals surface area contributed by atoms with Gasteiger partial charge < -0.3 is 9.88 Å². The van der Waals surface area contributed by atoms with Crippen LogP contribution in [0.4, 0.5) is 0 Å². The number of nitrogens with one attached hydrogen (secondary N) is 1. The highest BCUT2D eigenvalue weighted by molar-refractivity contribution is 6.01. The fourth-order valence-electron chi connectivity index (χ4n) is 3.82. The molecule has 128 valence electrons. The minimum atomic E-state index is -0.399. The topological polar surface area (TPSA) is 70.2 Å². The Balaban J connectivity index is 1.67. The van der Waals surface area contributed by atoms with Crippen LogP contribution in [-0.2, 0) is 19.4 Å². The molecule has 0 spiro atoms. The molecule has 1 aromatic carbocycles. The number of hydrogen-bond acceptors (Lipinski definition) is 3. The number of fused-ring (bicyclic) bond motifs is 2. The van der Waals surface area contributed by atoms with E-state index in [0.717, 1.165) is 12.0 Å². The highest BCUT2D eigenvalue weighted by Crippen LogP contribution is 2.24. The Kier molecular flexibility index (Phi) is 3.79. The molecule has 1 N–H and O–H groups in total. The maximum absolute atomic E-state index is 12.9. The van der Waals surface area contributed by atoms with Crippen molar-refractivity contribution in [3.8, 4) is 0 Å². The lowest BCUT2D eigenvalue weighted by Crippen LogP contribution is -2.39. The van der Waals surface area contributed by atoms with E-state index in [9.17, 15) is 14.4 Å². The quantitative estimate of drug-likeness (QED) is 0.869. The summed E-state index contributed by atoms with van der Waals surface area (Å²) in [6.45, 7) is 3.07. The third kappa shape index (κ3) is 2.80. The zero-order valence-corrected chi connectivity index (χ0v) is 14.2. The summed E-state index contributed by atoms with van der Waals surface area (Å²) in [5, 5.41) is 0. The van der Waals surface area contributed by atoms with Crippen molar-refractivity contribution in [1.29, 1.82) is 0 Å². The van der Waals surface area contributed by atoms with Gasteiger partial charge in [-0.2, -0.15) is 0 Å². The van der Waals surface area contributed by atoms with E-state index in [2.05, 4.69) is 11.1 Å². The van der Waals surface area contributed by atoms with Crippen LogP contribution in [-0.4, -0.2) is 28.1 Å². The molecule has 5 heteroatoms. The fraction of sp³-hybridized carbons (Fsp3) is 0.350. The second-order valence-electron chi connectivity index (χ2n) is 7.09. The molecular weight excluding hydrogens is 316 g/mol. The van der Waals surface area contributed by atoms with E-state index >= 15 is 0 Å². The van der Waals surface area contributed by atoms with E-state index in [1.807, 2.05) is 25.1 Å². The van der Waals surface area contributed by atoms with Gasteiger partial charge in [0, 0.05) is 30.8 Å². The molecule has 1 aromatic heterocycles. The van der Waals surface area contributed by atoms with Crippen molar-refractivity contribution in [2.24, 2.45) is 5.92 Å². The largest absolute Gasteiger partial charge is 0.334 e. The van der Waals surface area contributed by atoms with Gasteiger partial charge in [-0.05, 0) is 36.0 Å². The molecule has 2 aromatic rings. The number of ketones is 1. The SMILES string of the molecule is C[C@H]1CC(=O)c2cc(C(=O)N3CCc4ccccc4C3)c(=O)[nH]c2C1. The van der Waals surface area contributed by atoms with Crippen LogP contribution in [0, 0.1) is 5.92 Å². The van der Waals surface area contributed by atoms with Crippen molar-refractivity contribution in [3.05, 3.63) is 68.6 Å². The van der Waals surface area contributed by atoms with Crippen LogP contribution in [0.15, 0.2) is 35.1 Å². The van der Waals surface area contributed by atoms with Gasteiger partial charge in [-0.15, -0.1) is 0 Å². The van der Waals surface area contributed by atoms with E-state index in [1.54, 1.807) is 4.90 Å². The normalized spacial score (nSPS) is 19.3. The Hall–Kier alpha value is -2.69. The van der Waals surface area contributed by atoms with Crippen LogP contribution in [0.2, 0.25) is 0 Å². The summed E-state index contributed by atoms with van der Waals surface area (Å²) in [4.78, 5) is 42.0. The number of carbonyl (C=O) groups excluding carboxylic acids is 2. The molecule has 1 aliphatic heterocycles. The van der Waals surface area contributed by atoms with Gasteiger partial charge in [-0.25, -0.2) is 0 Å². The van der Waals surface area contributed by atoms with E-state index in [0.29, 0.717) is 37.2 Å². The van der Waals surface area contributed by atoms with Gasteiger partial charge in [0.05, 0.1) is 0 Å². The molecule has 0 unspecified atom stereocenters. The summed E-state index contributed by atoms with van der Waals surface area (Å²) in [5.41, 5.74) is 3.19. The van der Waals surface area contributed by atoms with Gasteiger partial charge in [-0.1, -0.05) is 31.2 Å². The Labute approximate surface area is 145 Å². The molecule has 5 nitrogen and oxygen atoms in total. The smallest absolute Gasteiger partial charge is 0.261 e. The van der Waals surface area contributed by atoms with Gasteiger partial charge >= 0.3 is 0 Å². The highest BCUT2D eigenvalue weighted by Gasteiger charge is 2.28. The summed E-state index contributed by atoms with van der Waals surface area (Å²) in [6, 6.07) is 9.54. The summed E-state index contributed by atoms with van der Waals surface area (Å²) in [6.07, 6.45) is 1.91. The predicted octanol–water partition coefficient (Wildman–Crippen LogP) is 2.34. The third-order valence-corrected chi connectivity index (χ3v) is 5.16. The number of benzene rings is 1. The van der Waals surface area contributed by atoms with Crippen LogP contribution < -0.4 is 5.56 Å². The highest BCUT2D eigenvalue weighted by atomic mass is 16.2. The van der Waals surface area contributed by atoms with E-state index < -0.39 is 5.56 Å². The molecule has 0 bridgehead atoms. The minimum Gasteiger partial charge on any atom is -0.334 e. The summed E-state index contributed by atoms with van der Waals surface area (Å²) >= 11 is 0. The first-order valence-corrected chi connectivity index (χ1v) is 8.68. The molecule has 1 atom stereocenters. The predicted molar refractivity (Wildman–Crippen MR) is 93.8 cm³/mol. The molecule has 4 rings (SSSR count). The maximum Gasteiger partial charge on any atom is 0.261 e. The van der Waals surface area contributed by atoms with E-state index in [1.165, 1.54) is 11.6 Å². The van der Waals surface area contributed by atoms with Crippen molar-refractivity contribution in [2.75, 3.05) is 6.54 Å². The minimum absolute atomic E-state index is 0.00281. The molecule has 0 saturated heterocycles. The zero-order chi connectivity index (χ0) is 17.6. The summed E-state index contributed by atoms with van der Waals surface area (Å²) in [5.74, 6) is -0.0798. The number of amides is 1. The Morgan fingerprint density at radius 1 is 1.16 bits per heavy atom. The van der Waals surface area contributed by atoms with Crippen molar-refractivity contribution < 1.29 is 9.59 Å². The van der Waals surface area contributed by atoms with Crippen LogP contribution in [0.5, 0.6) is 0 Å². The average molecular weight is 336 g/mol. The molecule has 25 heavy (non-hydrogen) atoms. The summed E-state index contributed by atoms with van der Waals surface area (Å²) in [7, 11) is 0. The third-order valence-electron chi connectivity index (χ3n) is 5.16. The number of carbonyl (C=O) groups is 2. The standard InChI is InChI=1S/C20H20N2O3/c1-12-8-17-15(18(23)9-12)10-16(19(24)21-17)20(25)22-7-6-13-4-2-3-5-14(13)11-22/h2-5,10,12H,6-9,11H2,1H3,(H,21,24)/t12-/m1/s1. The van der Waals surface area contributed by atoms with Crippen molar-refractivity contribution in [1.82, 2.24) is 9.88 Å². The number of Topliss-reactive ketones (excluding diaryl/α,β-unsaturated/α-hetero) is 1. The summed E-state index contributed by atoms with van der Waals surface area (Å²) < 4.78 is 0. The number of aromatic amines is 1. The number of pyridine rings is 1. The lowest BCUT2D eigenvalue weighted by molar-refractivity contribution is 0.0733. The van der Waals surface area contributed by atoms with Crippen molar-refractivity contribution in [2.45, 2.75) is 32.7 Å². The molecule has 2 aliphatic rings. The number of rotatable bonds is 1. The number of H-pyrrole nitrogens is 1. The van der Waals surface area contributed by atoms with E-state index in [4.69, 9.17) is 0 Å². The molecule has 1 amide bonds. The first-order valence-electron chi connectivity index (χ1n) is 8.68. The molecule has 2 heterocycles. The van der Waals surface area contributed by atoms with Crippen LogP contribution >= 0.6 is 0 Å². The number of hydrogen-bond donors (Lipinski definition) is 1. The van der Waals surface area contributed by atoms with Crippen LogP contribution in [0.25, 0.3) is 0 Å². The second-order valence-corrected chi connectivity index (χ2v) is 7.09. The zero-order valence-electron chi connectivity index (χ0n) is 14.2. The lowest BCUT2D eigenvalue weighted by Gasteiger charge is -2.29. The Bertz CT molecular complexity index is 929. The Morgan fingerprint density at radius 2 is 1.92 bits per heavy atom. The number of nitrogens with zero attached hydrogens (tertiary/aromatic N) is 1. The van der Waals surface area contributed by atoms with Gasteiger partial charge in [0.25, 0.3) is 11.5 Å². The van der Waals surface area contributed by atoms with Crippen molar-refractivity contribution >= 4 is 11.7 Å². The monoisotopic (exact) mass is 336 g/mol. The first kappa shape index (κ1) is 15.8.